The van der Waals surface area contributed by atoms with Crippen LogP contribution < -0.4 is 10.6 Å². The smallest absolute Gasteiger partial charge is 0.353 e. The van der Waals surface area contributed by atoms with Crippen LogP contribution in [0.15, 0.2) is 35.1 Å². The monoisotopic (exact) mass is 340 g/mol. The minimum Gasteiger partial charge on any atom is -0.360 e. The van der Waals surface area contributed by atoms with E-state index < -0.39 is 4.92 Å². The molecule has 0 aliphatic heterocycles. The summed E-state index contributed by atoms with van der Waals surface area (Å²) in [4.78, 5) is 19.0. The lowest BCUT2D eigenvalue weighted by Gasteiger charge is -2.11. The molecule has 0 bridgehead atoms. The van der Waals surface area contributed by atoms with Gasteiger partial charge < -0.3 is 15.2 Å². The first-order chi connectivity index (χ1) is 11.9. The van der Waals surface area contributed by atoms with E-state index in [2.05, 4.69) is 25.8 Å². The second-order valence-corrected chi connectivity index (χ2v) is 5.57. The van der Waals surface area contributed by atoms with Gasteiger partial charge in [0.1, 0.15) is 12.1 Å². The molecule has 0 spiro atoms. The van der Waals surface area contributed by atoms with Crippen molar-refractivity contribution in [2.75, 3.05) is 10.6 Å². The Morgan fingerprint density at radius 1 is 1.08 bits per heavy atom. The zero-order chi connectivity index (χ0) is 18.0. The van der Waals surface area contributed by atoms with Crippen molar-refractivity contribution in [3.63, 3.8) is 0 Å². The standard InChI is InChI=1S/C16H16N6O3/c1-9-4-5-10(2)12(6-9)19-15-14(22(23)24)16(18-8-17-15)20-13-7-11(3)25-21-13/h4-8H,1-3H3,(H2,17,18,19,20,21). The Labute approximate surface area is 143 Å². The summed E-state index contributed by atoms with van der Waals surface area (Å²) in [5.41, 5.74) is 2.44. The van der Waals surface area contributed by atoms with Crippen molar-refractivity contribution in [3.8, 4) is 0 Å². The summed E-state index contributed by atoms with van der Waals surface area (Å²) in [6.45, 7) is 5.57. The number of rotatable bonds is 5. The largest absolute Gasteiger partial charge is 0.360 e. The van der Waals surface area contributed by atoms with Crippen molar-refractivity contribution in [2.45, 2.75) is 20.8 Å². The second kappa shape index (κ2) is 6.56. The van der Waals surface area contributed by atoms with Crippen molar-refractivity contribution >= 4 is 28.8 Å². The van der Waals surface area contributed by atoms with Crippen LogP contribution in [0.25, 0.3) is 0 Å². The van der Waals surface area contributed by atoms with Crippen LogP contribution in [0.1, 0.15) is 16.9 Å². The minimum atomic E-state index is -0.539. The SMILES string of the molecule is Cc1ccc(C)c(Nc2ncnc(Nc3cc(C)on3)c2[N+](=O)[O-])c1. The van der Waals surface area contributed by atoms with E-state index in [1.54, 1.807) is 13.0 Å². The van der Waals surface area contributed by atoms with Gasteiger partial charge in [-0.25, -0.2) is 9.97 Å². The Kier molecular flexibility index (Phi) is 4.29. The van der Waals surface area contributed by atoms with Crippen LogP contribution in [0.5, 0.6) is 0 Å². The van der Waals surface area contributed by atoms with Gasteiger partial charge in [0.2, 0.25) is 11.6 Å². The van der Waals surface area contributed by atoms with Crippen LogP contribution in [0.3, 0.4) is 0 Å². The molecule has 9 nitrogen and oxygen atoms in total. The van der Waals surface area contributed by atoms with Crippen molar-refractivity contribution in [1.29, 1.82) is 0 Å². The van der Waals surface area contributed by atoms with Crippen LogP contribution in [-0.2, 0) is 0 Å². The number of hydrogen-bond acceptors (Lipinski definition) is 8. The summed E-state index contributed by atoms with van der Waals surface area (Å²) >= 11 is 0. The molecule has 0 radical (unpaired) electrons. The summed E-state index contributed by atoms with van der Waals surface area (Å²) in [6, 6.07) is 7.41. The molecular weight excluding hydrogens is 324 g/mol. The second-order valence-electron chi connectivity index (χ2n) is 5.57. The highest BCUT2D eigenvalue weighted by atomic mass is 16.6. The number of benzene rings is 1. The molecule has 25 heavy (non-hydrogen) atoms. The van der Waals surface area contributed by atoms with Crippen molar-refractivity contribution in [2.24, 2.45) is 0 Å². The van der Waals surface area contributed by atoms with E-state index in [1.807, 2.05) is 32.0 Å². The van der Waals surface area contributed by atoms with Crippen molar-refractivity contribution in [3.05, 3.63) is 57.6 Å². The fraction of sp³-hybridized carbons (Fsp3) is 0.188. The molecule has 0 saturated heterocycles. The van der Waals surface area contributed by atoms with Gasteiger partial charge >= 0.3 is 5.69 Å². The molecule has 3 aromatic rings. The summed E-state index contributed by atoms with van der Waals surface area (Å²) in [5, 5.41) is 21.2. The molecule has 2 heterocycles. The Bertz CT molecular complexity index is 937. The lowest BCUT2D eigenvalue weighted by Crippen LogP contribution is -2.06. The zero-order valence-corrected chi connectivity index (χ0v) is 13.9. The molecule has 2 aromatic heterocycles. The van der Waals surface area contributed by atoms with Crippen molar-refractivity contribution in [1.82, 2.24) is 15.1 Å². The fourth-order valence-corrected chi connectivity index (χ4v) is 2.28. The Morgan fingerprint density at radius 2 is 1.80 bits per heavy atom. The van der Waals surface area contributed by atoms with E-state index in [1.165, 1.54) is 6.33 Å². The zero-order valence-electron chi connectivity index (χ0n) is 13.9. The highest BCUT2D eigenvalue weighted by molar-refractivity contribution is 5.76. The first kappa shape index (κ1) is 16.4. The van der Waals surface area contributed by atoms with Gasteiger partial charge in [-0.2, -0.15) is 0 Å². The predicted molar refractivity (Wildman–Crippen MR) is 92.4 cm³/mol. The normalized spacial score (nSPS) is 10.5. The average molecular weight is 340 g/mol. The third-order valence-electron chi connectivity index (χ3n) is 3.53. The van der Waals surface area contributed by atoms with Gasteiger partial charge in [-0.1, -0.05) is 17.3 Å². The molecule has 1 aromatic carbocycles. The number of nitro groups is 1. The Morgan fingerprint density at radius 3 is 2.44 bits per heavy atom. The first-order valence-electron chi connectivity index (χ1n) is 7.48. The predicted octanol–water partition coefficient (Wildman–Crippen LogP) is 3.79. The third kappa shape index (κ3) is 3.55. The summed E-state index contributed by atoms with van der Waals surface area (Å²) in [7, 11) is 0. The van der Waals surface area contributed by atoms with Crippen LogP contribution in [0.2, 0.25) is 0 Å². The summed E-state index contributed by atoms with van der Waals surface area (Å²) in [6.07, 6.45) is 1.25. The molecule has 0 saturated carbocycles. The maximum atomic E-state index is 11.6. The molecule has 0 unspecified atom stereocenters. The number of nitrogens with one attached hydrogen (secondary N) is 2. The minimum absolute atomic E-state index is 0.0288. The number of aromatic nitrogens is 3. The van der Waals surface area contributed by atoms with Crippen molar-refractivity contribution < 1.29 is 9.45 Å². The number of anilines is 4. The number of nitrogens with zero attached hydrogens (tertiary/aromatic N) is 4. The van der Waals surface area contributed by atoms with Crippen LogP contribution in [0, 0.1) is 30.9 Å². The molecule has 2 N–H and O–H groups in total. The number of aryl methyl sites for hydroxylation is 3. The van der Waals surface area contributed by atoms with E-state index in [4.69, 9.17) is 4.52 Å². The maximum Gasteiger partial charge on any atom is 0.353 e. The lowest BCUT2D eigenvalue weighted by atomic mass is 10.1. The lowest BCUT2D eigenvalue weighted by molar-refractivity contribution is -0.383. The maximum absolute atomic E-state index is 11.6. The van der Waals surface area contributed by atoms with Gasteiger partial charge in [0.25, 0.3) is 0 Å². The molecule has 0 fully saturated rings. The van der Waals surface area contributed by atoms with E-state index in [9.17, 15) is 10.1 Å². The highest BCUT2D eigenvalue weighted by Crippen LogP contribution is 2.33. The van der Waals surface area contributed by atoms with Crippen LogP contribution in [0.4, 0.5) is 28.8 Å². The molecular formula is C16H16N6O3. The quantitative estimate of drug-likeness (QED) is 0.532. The molecule has 9 heteroatoms. The average Bonchev–Trinajstić information content (AvgIpc) is 2.96. The van der Waals surface area contributed by atoms with Crippen LogP contribution >= 0.6 is 0 Å². The molecule has 128 valence electrons. The summed E-state index contributed by atoms with van der Waals surface area (Å²) < 4.78 is 4.95. The number of hydrogen-bond donors (Lipinski definition) is 2. The molecule has 0 aliphatic rings. The van der Waals surface area contributed by atoms with Gasteiger partial charge in [-0.3, -0.25) is 10.1 Å². The van der Waals surface area contributed by atoms with Gasteiger partial charge in [0.05, 0.1) is 4.92 Å². The molecule has 3 rings (SSSR count). The Hall–Kier alpha value is -3.49. The van der Waals surface area contributed by atoms with Gasteiger partial charge in [0, 0.05) is 11.8 Å². The first-order valence-corrected chi connectivity index (χ1v) is 7.48. The summed E-state index contributed by atoms with van der Waals surface area (Å²) in [5.74, 6) is 1.03. The van der Waals surface area contributed by atoms with Crippen LogP contribution in [-0.4, -0.2) is 20.0 Å². The van der Waals surface area contributed by atoms with E-state index in [0.29, 0.717) is 11.6 Å². The van der Waals surface area contributed by atoms with E-state index in [0.717, 1.165) is 16.8 Å². The fourth-order valence-electron chi connectivity index (χ4n) is 2.28. The Balaban J connectivity index is 2.00. The molecule has 0 atom stereocenters. The molecule has 0 amide bonds. The highest BCUT2D eigenvalue weighted by Gasteiger charge is 2.24. The van der Waals surface area contributed by atoms with Gasteiger partial charge in [-0.15, -0.1) is 0 Å². The van der Waals surface area contributed by atoms with Gasteiger partial charge in [-0.05, 0) is 38.0 Å². The third-order valence-corrected chi connectivity index (χ3v) is 3.53. The topological polar surface area (TPSA) is 119 Å². The van der Waals surface area contributed by atoms with E-state index >= 15 is 0 Å². The van der Waals surface area contributed by atoms with Gasteiger partial charge in [0.15, 0.2) is 5.82 Å². The molecule has 0 aliphatic carbocycles. The van der Waals surface area contributed by atoms with E-state index in [-0.39, 0.29) is 17.3 Å².